The van der Waals surface area contributed by atoms with Crippen molar-refractivity contribution in [3.63, 3.8) is 0 Å². The molecule has 0 aromatic carbocycles. The standard InChI is InChI=1S/C11H23NO3/c1-4-7-12(8-9-14-5-2)10-11(13)15-6-3/h4-10H2,1-3H3. The van der Waals surface area contributed by atoms with E-state index in [-0.39, 0.29) is 5.97 Å². The third kappa shape index (κ3) is 8.39. The van der Waals surface area contributed by atoms with Crippen molar-refractivity contribution in [2.24, 2.45) is 0 Å². The molecule has 0 aromatic rings. The van der Waals surface area contributed by atoms with Gasteiger partial charge < -0.3 is 9.47 Å². The summed E-state index contributed by atoms with van der Waals surface area (Å²) in [4.78, 5) is 13.3. The molecule has 0 aliphatic heterocycles. The molecule has 0 radical (unpaired) electrons. The Morgan fingerprint density at radius 3 is 2.40 bits per heavy atom. The lowest BCUT2D eigenvalue weighted by Crippen LogP contribution is -2.34. The summed E-state index contributed by atoms with van der Waals surface area (Å²) >= 11 is 0. The van der Waals surface area contributed by atoms with E-state index >= 15 is 0 Å². The van der Waals surface area contributed by atoms with E-state index < -0.39 is 0 Å². The first kappa shape index (κ1) is 14.4. The fourth-order valence-electron chi connectivity index (χ4n) is 1.31. The van der Waals surface area contributed by atoms with Crippen molar-refractivity contribution < 1.29 is 14.3 Å². The Hall–Kier alpha value is -0.610. The quantitative estimate of drug-likeness (QED) is 0.431. The third-order valence-corrected chi connectivity index (χ3v) is 1.95. The van der Waals surface area contributed by atoms with E-state index in [9.17, 15) is 4.79 Å². The smallest absolute Gasteiger partial charge is 0.320 e. The van der Waals surface area contributed by atoms with Crippen molar-refractivity contribution in [2.75, 3.05) is 39.5 Å². The van der Waals surface area contributed by atoms with Crippen molar-refractivity contribution >= 4 is 5.97 Å². The van der Waals surface area contributed by atoms with Gasteiger partial charge in [-0.15, -0.1) is 0 Å². The predicted octanol–water partition coefficient (Wildman–Crippen LogP) is 1.30. The largest absolute Gasteiger partial charge is 0.465 e. The summed E-state index contributed by atoms with van der Waals surface area (Å²) in [5.74, 6) is -0.151. The molecular weight excluding hydrogens is 194 g/mol. The topological polar surface area (TPSA) is 38.8 Å². The molecule has 0 rings (SSSR count). The van der Waals surface area contributed by atoms with E-state index in [2.05, 4.69) is 11.8 Å². The molecule has 0 fully saturated rings. The normalized spacial score (nSPS) is 10.7. The fourth-order valence-corrected chi connectivity index (χ4v) is 1.31. The zero-order chi connectivity index (χ0) is 11.5. The highest BCUT2D eigenvalue weighted by Gasteiger charge is 2.09. The molecule has 0 saturated carbocycles. The summed E-state index contributed by atoms with van der Waals surface area (Å²) < 4.78 is 10.2. The molecule has 0 atom stereocenters. The second kappa shape index (κ2) is 9.93. The summed E-state index contributed by atoms with van der Waals surface area (Å²) in [5.41, 5.74) is 0. The molecule has 4 nitrogen and oxygen atoms in total. The van der Waals surface area contributed by atoms with Crippen LogP contribution in [0.4, 0.5) is 0 Å². The summed E-state index contributed by atoms with van der Waals surface area (Å²) in [6.45, 7) is 9.80. The van der Waals surface area contributed by atoms with Crippen LogP contribution in [0.5, 0.6) is 0 Å². The number of hydrogen-bond acceptors (Lipinski definition) is 4. The van der Waals surface area contributed by atoms with Crippen LogP contribution in [0.2, 0.25) is 0 Å². The Labute approximate surface area is 92.5 Å². The molecule has 0 N–H and O–H groups in total. The van der Waals surface area contributed by atoms with Crippen molar-refractivity contribution in [3.8, 4) is 0 Å². The monoisotopic (exact) mass is 217 g/mol. The molecule has 0 unspecified atom stereocenters. The molecule has 0 saturated heterocycles. The van der Waals surface area contributed by atoms with Crippen LogP contribution in [0.1, 0.15) is 27.2 Å². The summed E-state index contributed by atoms with van der Waals surface area (Å²) in [6, 6.07) is 0. The lowest BCUT2D eigenvalue weighted by molar-refractivity contribution is -0.144. The first-order chi connectivity index (χ1) is 7.24. The SMILES string of the molecule is CCCN(CCOCC)CC(=O)OCC. The van der Waals surface area contributed by atoms with Gasteiger partial charge in [-0.1, -0.05) is 6.92 Å². The van der Waals surface area contributed by atoms with Gasteiger partial charge in [0, 0.05) is 13.2 Å². The number of carbonyl (C=O) groups is 1. The van der Waals surface area contributed by atoms with Gasteiger partial charge in [0.05, 0.1) is 19.8 Å². The molecule has 4 heteroatoms. The highest BCUT2D eigenvalue weighted by Crippen LogP contribution is 1.93. The van der Waals surface area contributed by atoms with Crippen molar-refractivity contribution in [1.29, 1.82) is 0 Å². The average Bonchev–Trinajstić information content (AvgIpc) is 2.18. The predicted molar refractivity (Wildman–Crippen MR) is 59.9 cm³/mol. The molecule has 15 heavy (non-hydrogen) atoms. The highest BCUT2D eigenvalue weighted by molar-refractivity contribution is 5.71. The van der Waals surface area contributed by atoms with Crippen molar-refractivity contribution in [1.82, 2.24) is 4.90 Å². The zero-order valence-electron chi connectivity index (χ0n) is 10.1. The van der Waals surface area contributed by atoms with Gasteiger partial charge in [0.25, 0.3) is 0 Å². The lowest BCUT2D eigenvalue weighted by atomic mass is 10.4. The van der Waals surface area contributed by atoms with E-state index in [4.69, 9.17) is 9.47 Å². The molecule has 0 amide bonds. The number of nitrogens with zero attached hydrogens (tertiary/aromatic N) is 1. The Balaban J connectivity index is 3.75. The number of ether oxygens (including phenoxy) is 2. The second-order valence-corrected chi connectivity index (χ2v) is 3.28. The Morgan fingerprint density at radius 1 is 1.13 bits per heavy atom. The molecule has 90 valence electrons. The second-order valence-electron chi connectivity index (χ2n) is 3.28. The lowest BCUT2D eigenvalue weighted by Gasteiger charge is -2.20. The van der Waals surface area contributed by atoms with E-state index in [0.717, 1.165) is 26.1 Å². The molecule has 0 heterocycles. The number of hydrogen-bond donors (Lipinski definition) is 0. The van der Waals surface area contributed by atoms with E-state index in [1.165, 1.54) is 0 Å². The van der Waals surface area contributed by atoms with E-state index in [1.54, 1.807) is 0 Å². The number of carbonyl (C=O) groups excluding carboxylic acids is 1. The van der Waals surface area contributed by atoms with Gasteiger partial charge in [-0.25, -0.2) is 0 Å². The summed E-state index contributed by atoms with van der Waals surface area (Å²) in [7, 11) is 0. The van der Waals surface area contributed by atoms with Crippen LogP contribution >= 0.6 is 0 Å². The first-order valence-electron chi connectivity index (χ1n) is 5.70. The fraction of sp³-hybridized carbons (Fsp3) is 0.909. The van der Waals surface area contributed by atoms with Gasteiger partial charge in [-0.2, -0.15) is 0 Å². The molecule has 0 spiro atoms. The highest BCUT2D eigenvalue weighted by atomic mass is 16.5. The van der Waals surface area contributed by atoms with E-state index in [1.807, 2.05) is 13.8 Å². The van der Waals surface area contributed by atoms with Crippen LogP contribution in [0, 0.1) is 0 Å². The van der Waals surface area contributed by atoms with Crippen LogP contribution in [-0.2, 0) is 14.3 Å². The van der Waals surface area contributed by atoms with Gasteiger partial charge in [0.15, 0.2) is 0 Å². The minimum Gasteiger partial charge on any atom is -0.465 e. The minimum absolute atomic E-state index is 0.151. The van der Waals surface area contributed by atoms with Gasteiger partial charge in [-0.05, 0) is 26.8 Å². The van der Waals surface area contributed by atoms with Crippen LogP contribution < -0.4 is 0 Å². The Kier molecular flexibility index (Phi) is 9.52. The summed E-state index contributed by atoms with van der Waals surface area (Å²) in [6.07, 6.45) is 1.03. The maximum absolute atomic E-state index is 11.3. The van der Waals surface area contributed by atoms with Gasteiger partial charge >= 0.3 is 5.97 Å². The molecule has 0 aliphatic carbocycles. The average molecular weight is 217 g/mol. The molecular formula is C11H23NO3. The third-order valence-electron chi connectivity index (χ3n) is 1.95. The molecule has 0 aromatic heterocycles. The number of esters is 1. The van der Waals surface area contributed by atoms with Gasteiger partial charge in [-0.3, -0.25) is 9.69 Å². The van der Waals surface area contributed by atoms with Crippen molar-refractivity contribution in [3.05, 3.63) is 0 Å². The van der Waals surface area contributed by atoms with Crippen LogP contribution in [0.3, 0.4) is 0 Å². The van der Waals surface area contributed by atoms with Gasteiger partial charge in [0.2, 0.25) is 0 Å². The Bertz CT molecular complexity index is 162. The van der Waals surface area contributed by atoms with Crippen LogP contribution in [-0.4, -0.2) is 50.3 Å². The maximum Gasteiger partial charge on any atom is 0.320 e. The Morgan fingerprint density at radius 2 is 1.87 bits per heavy atom. The van der Waals surface area contributed by atoms with Crippen LogP contribution in [0.25, 0.3) is 0 Å². The summed E-state index contributed by atoms with van der Waals surface area (Å²) in [5, 5.41) is 0. The van der Waals surface area contributed by atoms with E-state index in [0.29, 0.717) is 19.8 Å². The van der Waals surface area contributed by atoms with Crippen molar-refractivity contribution in [2.45, 2.75) is 27.2 Å². The molecule has 0 aliphatic rings. The first-order valence-corrected chi connectivity index (χ1v) is 5.70. The zero-order valence-corrected chi connectivity index (χ0v) is 10.1. The van der Waals surface area contributed by atoms with Gasteiger partial charge in [0.1, 0.15) is 0 Å². The minimum atomic E-state index is -0.151. The molecule has 0 bridgehead atoms. The van der Waals surface area contributed by atoms with Crippen LogP contribution in [0.15, 0.2) is 0 Å². The number of rotatable bonds is 9. The maximum atomic E-state index is 11.3.